The number of fused-ring (bicyclic) bond motifs is 6. The molecule has 0 unspecified atom stereocenters. The fourth-order valence-corrected chi connectivity index (χ4v) is 8.28. The lowest BCUT2D eigenvalue weighted by molar-refractivity contribution is 0.660. The van der Waals surface area contributed by atoms with E-state index in [1.165, 1.54) is 55.7 Å². The summed E-state index contributed by atoms with van der Waals surface area (Å²) in [4.78, 5) is 15.2. The Morgan fingerprint density at radius 2 is 1.12 bits per heavy atom. The van der Waals surface area contributed by atoms with Gasteiger partial charge in [0, 0.05) is 44.4 Å². The second kappa shape index (κ2) is 11.9. The monoisotopic (exact) mass is 668 g/mol. The molecule has 10 rings (SSSR count). The van der Waals surface area contributed by atoms with Crippen LogP contribution in [0.5, 0.6) is 0 Å². The van der Waals surface area contributed by atoms with Gasteiger partial charge in [-0.15, -0.1) is 0 Å². The lowest BCUT2D eigenvalue weighted by Gasteiger charge is -2.21. The van der Waals surface area contributed by atoms with Gasteiger partial charge >= 0.3 is 0 Å². The average molecular weight is 669 g/mol. The number of hydrogen-bond donors (Lipinski definition) is 0. The van der Waals surface area contributed by atoms with Gasteiger partial charge in [0.1, 0.15) is 0 Å². The molecule has 0 saturated heterocycles. The Morgan fingerprint density at radius 1 is 0.519 bits per heavy atom. The van der Waals surface area contributed by atoms with E-state index in [1.807, 2.05) is 18.2 Å². The SMILES string of the molecule is CC1(C)c2ccccc2-c2ccc(-c3nc(-c4ccccc4)nc(-c4ccc(-c5ccc6c(c5)c5c(n6-c6ccccc6)CCC=C5)cc4)n3)cc21. The van der Waals surface area contributed by atoms with Gasteiger partial charge in [0.15, 0.2) is 17.5 Å². The van der Waals surface area contributed by atoms with Crippen molar-refractivity contribution in [3.05, 3.63) is 174 Å². The highest BCUT2D eigenvalue weighted by Crippen LogP contribution is 2.49. The molecule has 0 atom stereocenters. The molecule has 4 nitrogen and oxygen atoms in total. The van der Waals surface area contributed by atoms with E-state index in [-0.39, 0.29) is 5.41 Å². The number of aromatic nitrogens is 4. The molecular formula is C48H36N4. The number of para-hydroxylation sites is 1. The van der Waals surface area contributed by atoms with Crippen LogP contribution in [0.4, 0.5) is 0 Å². The normalized spacial score (nSPS) is 13.9. The smallest absolute Gasteiger partial charge is 0.164 e. The maximum absolute atomic E-state index is 5.11. The molecule has 2 aliphatic rings. The molecule has 0 amide bonds. The fraction of sp³-hybridized carbons (Fsp3) is 0.104. The van der Waals surface area contributed by atoms with Gasteiger partial charge in [0.25, 0.3) is 0 Å². The van der Waals surface area contributed by atoms with Gasteiger partial charge < -0.3 is 4.57 Å². The molecule has 0 radical (unpaired) electrons. The van der Waals surface area contributed by atoms with Crippen LogP contribution in [0.25, 0.3) is 79.1 Å². The molecule has 52 heavy (non-hydrogen) atoms. The Balaban J connectivity index is 1.05. The number of rotatable bonds is 5. The van der Waals surface area contributed by atoms with Crippen LogP contribution in [0.2, 0.25) is 0 Å². The lowest BCUT2D eigenvalue weighted by Crippen LogP contribution is -2.15. The molecule has 248 valence electrons. The van der Waals surface area contributed by atoms with Gasteiger partial charge in [-0.05, 0) is 76.6 Å². The molecule has 0 aliphatic heterocycles. The van der Waals surface area contributed by atoms with Gasteiger partial charge in [0.05, 0.1) is 5.52 Å². The van der Waals surface area contributed by atoms with E-state index in [2.05, 4.69) is 158 Å². The molecule has 0 bridgehead atoms. The van der Waals surface area contributed by atoms with Crippen molar-refractivity contribution in [1.82, 2.24) is 19.5 Å². The van der Waals surface area contributed by atoms with Crippen LogP contribution in [-0.4, -0.2) is 19.5 Å². The van der Waals surface area contributed by atoms with E-state index in [0.717, 1.165) is 35.1 Å². The van der Waals surface area contributed by atoms with Crippen molar-refractivity contribution in [3.63, 3.8) is 0 Å². The fourth-order valence-electron chi connectivity index (χ4n) is 8.28. The van der Waals surface area contributed by atoms with Gasteiger partial charge in [0.2, 0.25) is 0 Å². The van der Waals surface area contributed by atoms with Gasteiger partial charge in [-0.3, -0.25) is 0 Å². The quantitative estimate of drug-likeness (QED) is 0.183. The third-order valence-corrected chi connectivity index (χ3v) is 10.9. The topological polar surface area (TPSA) is 43.6 Å². The van der Waals surface area contributed by atoms with Crippen LogP contribution in [0, 0.1) is 0 Å². The number of allylic oxidation sites excluding steroid dienone is 1. The van der Waals surface area contributed by atoms with Gasteiger partial charge in [-0.2, -0.15) is 0 Å². The van der Waals surface area contributed by atoms with Crippen LogP contribution in [0.1, 0.15) is 42.7 Å². The maximum Gasteiger partial charge on any atom is 0.164 e. The standard InChI is InChI=1S/C48H36N4/c1-48(2)41-19-11-9-17-37(41)38-27-25-35(30-42(38)48)47-50-45(32-13-5-3-6-14-32)49-46(51-47)33-23-21-31(22-24-33)34-26-28-44-40(29-34)39-18-10-12-20-43(39)52(44)36-15-7-4-8-16-36/h3-11,13-19,21-30H,12,20H2,1-2H3. The highest BCUT2D eigenvalue weighted by atomic mass is 15.0. The Morgan fingerprint density at radius 3 is 1.88 bits per heavy atom. The maximum atomic E-state index is 5.11. The minimum atomic E-state index is -0.112. The van der Waals surface area contributed by atoms with E-state index >= 15 is 0 Å². The second-order valence-electron chi connectivity index (χ2n) is 14.4. The predicted molar refractivity (Wildman–Crippen MR) is 213 cm³/mol. The summed E-state index contributed by atoms with van der Waals surface area (Å²) in [6.45, 7) is 4.61. The Bertz CT molecular complexity index is 2680. The zero-order chi connectivity index (χ0) is 34.8. The predicted octanol–water partition coefficient (Wildman–Crippen LogP) is 11.7. The van der Waals surface area contributed by atoms with Crippen LogP contribution in [0.15, 0.2) is 152 Å². The number of nitrogens with zero attached hydrogens (tertiary/aromatic N) is 4. The third kappa shape index (κ3) is 4.86. The van der Waals surface area contributed by atoms with Crippen LogP contribution < -0.4 is 0 Å². The van der Waals surface area contributed by atoms with Crippen molar-refractivity contribution in [2.75, 3.05) is 0 Å². The van der Waals surface area contributed by atoms with E-state index in [0.29, 0.717) is 17.5 Å². The van der Waals surface area contributed by atoms with Crippen LogP contribution >= 0.6 is 0 Å². The molecule has 6 aromatic carbocycles. The zero-order valence-electron chi connectivity index (χ0n) is 29.2. The first-order valence-electron chi connectivity index (χ1n) is 18.1. The van der Waals surface area contributed by atoms with Gasteiger partial charge in [-0.25, -0.2) is 15.0 Å². The first-order chi connectivity index (χ1) is 25.5. The zero-order valence-corrected chi connectivity index (χ0v) is 29.2. The van der Waals surface area contributed by atoms with Crippen molar-refractivity contribution in [2.24, 2.45) is 0 Å². The van der Waals surface area contributed by atoms with Gasteiger partial charge in [-0.1, -0.05) is 141 Å². The van der Waals surface area contributed by atoms with E-state index in [4.69, 9.17) is 15.0 Å². The summed E-state index contributed by atoms with van der Waals surface area (Å²) in [6.07, 6.45) is 6.70. The molecular weight excluding hydrogens is 633 g/mol. The van der Waals surface area contributed by atoms with Crippen molar-refractivity contribution in [2.45, 2.75) is 32.1 Å². The molecule has 0 spiro atoms. The molecule has 0 N–H and O–H groups in total. The van der Waals surface area contributed by atoms with E-state index < -0.39 is 0 Å². The number of hydrogen-bond acceptors (Lipinski definition) is 3. The minimum Gasteiger partial charge on any atom is -0.313 e. The summed E-state index contributed by atoms with van der Waals surface area (Å²) in [5.74, 6) is 2.00. The summed E-state index contributed by atoms with van der Waals surface area (Å²) in [5.41, 5.74) is 15.5. The van der Waals surface area contributed by atoms with Crippen molar-refractivity contribution >= 4 is 17.0 Å². The Labute approximate surface area is 303 Å². The van der Waals surface area contributed by atoms with Crippen LogP contribution in [0.3, 0.4) is 0 Å². The van der Waals surface area contributed by atoms with Crippen molar-refractivity contribution < 1.29 is 0 Å². The molecule has 2 aliphatic carbocycles. The van der Waals surface area contributed by atoms with E-state index in [1.54, 1.807) is 0 Å². The summed E-state index contributed by atoms with van der Waals surface area (Å²) in [6, 6.07) is 51.8. The molecule has 0 saturated carbocycles. The summed E-state index contributed by atoms with van der Waals surface area (Å²) < 4.78 is 2.44. The van der Waals surface area contributed by atoms with Crippen molar-refractivity contribution in [3.8, 4) is 62.1 Å². The largest absolute Gasteiger partial charge is 0.313 e. The minimum absolute atomic E-state index is 0.112. The lowest BCUT2D eigenvalue weighted by atomic mass is 9.82. The molecule has 2 heterocycles. The summed E-state index contributed by atoms with van der Waals surface area (Å²) in [7, 11) is 0. The first kappa shape index (κ1) is 30.4. The highest BCUT2D eigenvalue weighted by Gasteiger charge is 2.35. The Kier molecular flexibility index (Phi) is 6.94. The second-order valence-corrected chi connectivity index (χ2v) is 14.4. The Hall–Kier alpha value is -6.39. The average Bonchev–Trinajstić information content (AvgIpc) is 3.66. The highest BCUT2D eigenvalue weighted by molar-refractivity contribution is 5.96. The van der Waals surface area contributed by atoms with Crippen molar-refractivity contribution in [1.29, 1.82) is 0 Å². The summed E-state index contributed by atoms with van der Waals surface area (Å²) in [5, 5.41) is 1.28. The van der Waals surface area contributed by atoms with Crippen LogP contribution in [-0.2, 0) is 11.8 Å². The molecule has 8 aromatic rings. The molecule has 0 fully saturated rings. The third-order valence-electron chi connectivity index (χ3n) is 10.9. The number of benzene rings is 6. The molecule has 4 heteroatoms. The first-order valence-corrected chi connectivity index (χ1v) is 18.1. The summed E-state index contributed by atoms with van der Waals surface area (Å²) >= 11 is 0. The molecule has 2 aromatic heterocycles. The van der Waals surface area contributed by atoms with E-state index in [9.17, 15) is 0 Å².